The molecule has 4 aromatic heterocycles. The summed E-state index contributed by atoms with van der Waals surface area (Å²) in [6.07, 6.45) is 1.92. The lowest BCUT2D eigenvalue weighted by Crippen LogP contribution is -2.09. The van der Waals surface area contributed by atoms with Crippen LogP contribution >= 0.6 is 11.3 Å². The van der Waals surface area contributed by atoms with Gasteiger partial charge in [-0.25, -0.2) is 15.0 Å². The van der Waals surface area contributed by atoms with Crippen molar-refractivity contribution >= 4 is 146 Å². The third-order valence-corrected chi connectivity index (χ3v) is 28.6. The minimum atomic E-state index is 0.876. The van der Waals surface area contributed by atoms with Crippen LogP contribution < -0.4 is 4.90 Å². The average Bonchev–Trinajstić information content (AvgIpc) is 0.937. The molecule has 0 fully saturated rings. The maximum atomic E-state index is 5.42. The molecule has 0 aliphatic heterocycles. The first-order valence-corrected chi connectivity index (χ1v) is 48.5. The Labute approximate surface area is 815 Å². The highest BCUT2D eigenvalue weighted by atomic mass is 32.1. The number of nitrogens with zero attached hydrogens (tertiary/aromatic N) is 5. The number of thiophene rings is 1. The first kappa shape index (κ1) is 83.6. The lowest BCUT2D eigenvalue weighted by atomic mass is 9.93. The zero-order valence-corrected chi connectivity index (χ0v) is 77.2. The minimum absolute atomic E-state index is 0.876. The number of pyridine rings is 2. The second-order valence-electron chi connectivity index (χ2n) is 35.9. The van der Waals surface area contributed by atoms with Gasteiger partial charge in [0.25, 0.3) is 0 Å². The normalized spacial score (nSPS) is 11.4. The molecule has 654 valence electrons. The molecule has 6 heteroatoms. The molecule has 23 aromatic carbocycles. The number of rotatable bonds is 14. The first-order valence-electron chi connectivity index (χ1n) is 47.7. The van der Waals surface area contributed by atoms with Crippen LogP contribution in [0.2, 0.25) is 0 Å². The van der Waals surface area contributed by atoms with Gasteiger partial charge in [-0.2, -0.15) is 0 Å². The summed E-state index contributed by atoms with van der Waals surface area (Å²) in [4.78, 5) is 23.4. The van der Waals surface area contributed by atoms with E-state index in [0.29, 0.717) is 0 Å². The molecule has 27 rings (SSSR count). The molecule has 0 radical (unpaired) electrons. The van der Waals surface area contributed by atoms with Crippen LogP contribution in [0.15, 0.2) is 528 Å². The summed E-state index contributed by atoms with van der Waals surface area (Å²) in [6, 6.07) is 187. The highest BCUT2D eigenvalue weighted by molar-refractivity contribution is 7.26. The van der Waals surface area contributed by atoms with Crippen LogP contribution in [0.5, 0.6) is 0 Å². The SMILES string of the molecule is c1cc(-c2cccc(-c3cccc4c3sc3ccccc34)c2)cc(-c2cnc3c4ccccc4c4ccccc4c3n2)c1.c1ccc(-c2cc(-c3ccc4ccccc4c3)nc3c2ccc2c(-c4ccccc4)cc(-c4ccc5ccccc5c4)nc23)cc1.c1ccc(-c2ccc(N(c3ccc(-c4ccccc4)cc3)c3ccc(-c4ccc5ccc(-c6ccc7ccccc7c6)cc5c4)cc3)cc2)cc1. The molecular weight excluding hydrogens is 1710 g/mol. The summed E-state index contributed by atoms with van der Waals surface area (Å²) >= 11 is 1.87. The molecular formula is C134H87N5S. The fourth-order valence-corrected chi connectivity index (χ4v) is 21.5. The molecule has 5 nitrogen and oxygen atoms in total. The third kappa shape index (κ3) is 16.2. The Morgan fingerprint density at radius 2 is 0.457 bits per heavy atom. The topological polar surface area (TPSA) is 54.8 Å². The van der Waals surface area contributed by atoms with Crippen molar-refractivity contribution in [1.29, 1.82) is 0 Å². The Hall–Kier alpha value is -18.2. The second-order valence-corrected chi connectivity index (χ2v) is 36.9. The van der Waals surface area contributed by atoms with Crippen molar-refractivity contribution in [2.45, 2.75) is 0 Å². The monoisotopic (exact) mass is 1800 g/mol. The van der Waals surface area contributed by atoms with E-state index in [1.807, 2.05) is 17.5 Å². The Bertz CT molecular complexity index is 9110. The van der Waals surface area contributed by atoms with Gasteiger partial charge >= 0.3 is 0 Å². The van der Waals surface area contributed by atoms with Crippen LogP contribution in [-0.4, -0.2) is 19.9 Å². The van der Waals surface area contributed by atoms with E-state index in [0.717, 1.165) is 122 Å². The molecule has 4 heterocycles. The quantitative estimate of drug-likeness (QED) is 0.102. The molecule has 0 bridgehead atoms. The molecule has 0 saturated carbocycles. The van der Waals surface area contributed by atoms with Gasteiger partial charge in [0.15, 0.2) is 0 Å². The molecule has 0 amide bonds. The fraction of sp³-hybridized carbons (Fsp3) is 0. The van der Waals surface area contributed by atoms with E-state index >= 15 is 0 Å². The summed E-state index contributed by atoms with van der Waals surface area (Å²) in [6.45, 7) is 0. The zero-order valence-electron chi connectivity index (χ0n) is 76.4. The van der Waals surface area contributed by atoms with Crippen LogP contribution in [0.1, 0.15) is 0 Å². The predicted molar refractivity (Wildman–Crippen MR) is 595 cm³/mol. The Morgan fingerprint density at radius 1 is 0.157 bits per heavy atom. The van der Waals surface area contributed by atoms with Crippen molar-refractivity contribution in [2.75, 3.05) is 4.90 Å². The van der Waals surface area contributed by atoms with Gasteiger partial charge in [-0.1, -0.05) is 425 Å². The van der Waals surface area contributed by atoms with E-state index in [1.54, 1.807) is 0 Å². The number of benzene rings is 23. The number of aromatic nitrogens is 4. The van der Waals surface area contributed by atoms with Gasteiger partial charge in [-0.15, -0.1) is 11.3 Å². The second kappa shape index (κ2) is 36.5. The van der Waals surface area contributed by atoms with Crippen LogP contribution in [0.25, 0.3) is 240 Å². The largest absolute Gasteiger partial charge is 0.311 e. The Kier molecular flexibility index (Phi) is 21.8. The summed E-state index contributed by atoms with van der Waals surface area (Å²) in [5, 5.41) is 19.3. The van der Waals surface area contributed by atoms with Crippen molar-refractivity contribution in [1.82, 2.24) is 19.9 Å². The zero-order chi connectivity index (χ0) is 92.8. The Balaban J connectivity index is 0.000000111. The van der Waals surface area contributed by atoms with Crippen molar-refractivity contribution in [2.24, 2.45) is 0 Å². The van der Waals surface area contributed by atoms with Gasteiger partial charge in [-0.3, -0.25) is 4.98 Å². The van der Waals surface area contributed by atoms with Crippen molar-refractivity contribution < 1.29 is 0 Å². The molecule has 0 unspecified atom stereocenters. The van der Waals surface area contributed by atoms with Crippen LogP contribution in [0.4, 0.5) is 17.1 Å². The minimum Gasteiger partial charge on any atom is -0.311 e. The van der Waals surface area contributed by atoms with Gasteiger partial charge < -0.3 is 4.90 Å². The van der Waals surface area contributed by atoms with E-state index in [9.17, 15) is 0 Å². The number of hydrogen-bond donors (Lipinski definition) is 0. The lowest BCUT2D eigenvalue weighted by Gasteiger charge is -2.26. The van der Waals surface area contributed by atoms with Crippen molar-refractivity contribution in [3.63, 3.8) is 0 Å². The number of anilines is 3. The smallest absolute Gasteiger partial charge is 0.0979 e. The summed E-state index contributed by atoms with van der Waals surface area (Å²) in [7, 11) is 0. The lowest BCUT2D eigenvalue weighted by molar-refractivity contribution is 1.28. The maximum Gasteiger partial charge on any atom is 0.0979 e. The highest BCUT2D eigenvalue weighted by Crippen LogP contribution is 2.46. The van der Waals surface area contributed by atoms with E-state index < -0.39 is 0 Å². The van der Waals surface area contributed by atoms with E-state index in [2.05, 4.69) is 527 Å². The molecule has 0 N–H and O–H groups in total. The standard InChI is InChI=1S/C50H35N.C44H28N2.C40H24N2S/c1-3-9-36(10-4-1)39-21-27-48(28-22-39)51(49-29-23-40(24-30-49)37-11-5-2-6-12-37)50-31-25-41(26-32-50)44-18-16-42-17-20-46(35-47(42)34-44)45-19-15-38-13-7-8-14-43(38)33-45;1-3-13-31(14-4-1)39-27-41(35-21-19-29-11-7-9-17-33(29)25-35)45-43-37(39)23-24-38-40(32-15-5-2-6-16-32)28-42(46-44(38)43)36-22-20-30-12-8-10-18-34(30)26-36;1-3-17-33-30(14-1)31-15-2-4-18-34(31)39-38(33)41-24-36(42-39)28-13-8-11-26(23-28)25-10-7-12-27(22-25)29-19-9-20-35-32-16-5-6-21-37(32)43-40(29)35/h1-35H;1-28H;1-24H. The summed E-state index contributed by atoms with van der Waals surface area (Å²) < 4.78 is 2.66. The number of fused-ring (bicyclic) bond motifs is 16. The fourth-order valence-electron chi connectivity index (χ4n) is 20.2. The van der Waals surface area contributed by atoms with E-state index in [1.165, 1.54) is 135 Å². The van der Waals surface area contributed by atoms with Crippen LogP contribution in [-0.2, 0) is 0 Å². The van der Waals surface area contributed by atoms with Crippen LogP contribution in [0, 0.1) is 0 Å². The highest BCUT2D eigenvalue weighted by Gasteiger charge is 2.22. The molecule has 27 aromatic rings. The molecule has 0 saturated heterocycles. The molecule has 0 aliphatic rings. The van der Waals surface area contributed by atoms with Gasteiger partial charge in [0.1, 0.15) is 0 Å². The van der Waals surface area contributed by atoms with Crippen LogP contribution in [0.3, 0.4) is 0 Å². The van der Waals surface area contributed by atoms with Gasteiger partial charge in [0.05, 0.1) is 45.3 Å². The summed E-state index contributed by atoms with van der Waals surface area (Å²) in [5.41, 5.74) is 32.1. The first-order chi connectivity index (χ1) is 69.3. The average molecular weight is 1800 g/mol. The molecule has 0 aliphatic carbocycles. The van der Waals surface area contributed by atoms with E-state index in [4.69, 9.17) is 19.9 Å². The van der Waals surface area contributed by atoms with Gasteiger partial charge in [-0.05, 0) is 240 Å². The van der Waals surface area contributed by atoms with Gasteiger partial charge in [0.2, 0.25) is 0 Å². The van der Waals surface area contributed by atoms with Crippen molar-refractivity contribution in [3.8, 4) is 123 Å². The maximum absolute atomic E-state index is 5.42. The molecule has 140 heavy (non-hydrogen) atoms. The van der Waals surface area contributed by atoms with Crippen molar-refractivity contribution in [3.05, 3.63) is 528 Å². The molecule has 0 spiro atoms. The molecule has 0 atom stereocenters. The van der Waals surface area contributed by atoms with Gasteiger partial charge in [0, 0.05) is 75.5 Å². The Morgan fingerprint density at radius 3 is 0.943 bits per heavy atom. The predicted octanol–water partition coefficient (Wildman–Crippen LogP) is 37.2. The third-order valence-electron chi connectivity index (χ3n) is 27.4. The van der Waals surface area contributed by atoms with E-state index in [-0.39, 0.29) is 0 Å². The summed E-state index contributed by atoms with van der Waals surface area (Å²) in [5.74, 6) is 0. The number of hydrogen-bond acceptors (Lipinski definition) is 6.